The first kappa shape index (κ1) is 13.8. The van der Waals surface area contributed by atoms with E-state index in [-0.39, 0.29) is 5.75 Å². The van der Waals surface area contributed by atoms with Gasteiger partial charge in [0.1, 0.15) is 17.6 Å². The Labute approximate surface area is 101 Å². The number of phenols is 1. The summed E-state index contributed by atoms with van der Waals surface area (Å²) in [5.74, 6) is 0.472. The van der Waals surface area contributed by atoms with Crippen molar-refractivity contribution in [3.63, 3.8) is 0 Å². The number of aromatic hydroxyl groups is 1. The van der Waals surface area contributed by atoms with Crippen LogP contribution in [-0.4, -0.2) is 42.1 Å². The first-order valence-electron chi connectivity index (χ1n) is 5.47. The molecule has 4 N–H and O–H groups in total. The largest absolute Gasteiger partial charge is 0.508 e. The number of methoxy groups -OCH3 is 1. The second-order valence-electron chi connectivity index (χ2n) is 3.83. The first-order valence-corrected chi connectivity index (χ1v) is 5.47. The van der Waals surface area contributed by atoms with Gasteiger partial charge in [-0.15, -0.1) is 0 Å². The predicted molar refractivity (Wildman–Crippen MR) is 64.2 cm³/mol. The topological polar surface area (TPSA) is 82.0 Å². The molecule has 1 aromatic carbocycles. The highest BCUT2D eigenvalue weighted by Gasteiger charge is 2.21. The van der Waals surface area contributed by atoms with E-state index >= 15 is 0 Å². The Morgan fingerprint density at radius 2 is 2.06 bits per heavy atom. The molecule has 0 amide bonds. The molecule has 0 aliphatic rings. The number of ether oxygens (including phenoxy) is 1. The highest BCUT2D eigenvalue weighted by atomic mass is 16.5. The van der Waals surface area contributed by atoms with Crippen LogP contribution in [0.4, 0.5) is 0 Å². The Bertz CT molecular complexity index is 356. The first-order chi connectivity index (χ1) is 8.10. The van der Waals surface area contributed by atoms with E-state index in [1.165, 1.54) is 19.2 Å². The average Bonchev–Trinajstić information content (AvgIpc) is 2.34. The zero-order valence-electron chi connectivity index (χ0n) is 10.1. The summed E-state index contributed by atoms with van der Waals surface area (Å²) in [7, 11) is 3.25. The molecule has 1 rings (SSSR count). The number of aliphatic hydroxyl groups excluding tert-OH is 2. The second kappa shape index (κ2) is 6.44. The Balaban J connectivity index is 2.86. The predicted octanol–water partition coefficient (Wildman–Crippen LogP) is 0.405. The van der Waals surface area contributed by atoms with Crippen LogP contribution < -0.4 is 10.1 Å². The lowest BCUT2D eigenvalue weighted by Gasteiger charge is -2.20. The maximum Gasteiger partial charge on any atom is 0.125 e. The Morgan fingerprint density at radius 3 is 2.65 bits per heavy atom. The quantitative estimate of drug-likeness (QED) is 0.580. The van der Waals surface area contributed by atoms with Gasteiger partial charge in [0.2, 0.25) is 0 Å². The molecule has 0 spiro atoms. The molecule has 0 radical (unpaired) electrons. The molecule has 0 aromatic heterocycles. The number of phenolic OH excluding ortho intramolecular Hbond substituents is 1. The van der Waals surface area contributed by atoms with Gasteiger partial charge in [-0.1, -0.05) is 0 Å². The maximum absolute atomic E-state index is 9.98. The smallest absolute Gasteiger partial charge is 0.125 e. The van der Waals surface area contributed by atoms with E-state index in [0.29, 0.717) is 24.3 Å². The summed E-state index contributed by atoms with van der Waals surface area (Å²) in [5, 5.41) is 32.0. The molecule has 0 aliphatic heterocycles. The molecule has 5 nitrogen and oxygen atoms in total. The van der Waals surface area contributed by atoms with Gasteiger partial charge in [-0.3, -0.25) is 0 Å². The van der Waals surface area contributed by atoms with Crippen LogP contribution in [0.1, 0.15) is 18.1 Å². The highest BCUT2D eigenvalue weighted by molar-refractivity contribution is 5.41. The molecule has 96 valence electrons. The Morgan fingerprint density at radius 1 is 1.35 bits per heavy atom. The molecule has 0 heterocycles. The van der Waals surface area contributed by atoms with Crippen molar-refractivity contribution in [2.75, 3.05) is 20.7 Å². The van der Waals surface area contributed by atoms with Crippen LogP contribution >= 0.6 is 0 Å². The number of rotatable bonds is 6. The zero-order valence-corrected chi connectivity index (χ0v) is 10.1. The summed E-state index contributed by atoms with van der Waals surface area (Å²) in [5.41, 5.74) is 0.385. The zero-order chi connectivity index (χ0) is 12.8. The molecule has 0 fully saturated rings. The number of benzene rings is 1. The van der Waals surface area contributed by atoms with Crippen molar-refractivity contribution in [2.45, 2.75) is 18.6 Å². The minimum atomic E-state index is -1.08. The van der Waals surface area contributed by atoms with E-state index in [9.17, 15) is 15.3 Å². The molecule has 17 heavy (non-hydrogen) atoms. The second-order valence-corrected chi connectivity index (χ2v) is 3.83. The molecule has 5 heteroatoms. The Kier molecular flexibility index (Phi) is 5.21. The SMILES string of the molecule is CNCCC(O)C(O)c1cc(O)ccc1OC. The summed E-state index contributed by atoms with van der Waals surface area (Å²) in [4.78, 5) is 0. The van der Waals surface area contributed by atoms with Gasteiger partial charge in [0.25, 0.3) is 0 Å². The van der Waals surface area contributed by atoms with Crippen LogP contribution in [0.25, 0.3) is 0 Å². The number of hydrogen-bond donors (Lipinski definition) is 4. The van der Waals surface area contributed by atoms with Gasteiger partial charge in [0.15, 0.2) is 0 Å². The van der Waals surface area contributed by atoms with E-state index in [1.54, 1.807) is 13.1 Å². The van der Waals surface area contributed by atoms with Gasteiger partial charge in [0.05, 0.1) is 13.2 Å². The molecule has 0 saturated carbocycles. The third kappa shape index (κ3) is 3.59. The lowest BCUT2D eigenvalue weighted by molar-refractivity contribution is 0.0126. The molecular weight excluding hydrogens is 222 g/mol. The molecule has 0 bridgehead atoms. The normalized spacial score (nSPS) is 14.4. The molecule has 2 atom stereocenters. The lowest BCUT2D eigenvalue weighted by atomic mass is 10.0. The monoisotopic (exact) mass is 241 g/mol. The van der Waals surface area contributed by atoms with Crippen molar-refractivity contribution in [2.24, 2.45) is 0 Å². The molecular formula is C12H19NO4. The summed E-state index contributed by atoms with van der Waals surface area (Å²) < 4.78 is 5.08. The average molecular weight is 241 g/mol. The third-order valence-electron chi connectivity index (χ3n) is 2.59. The van der Waals surface area contributed by atoms with Crippen LogP contribution in [0.2, 0.25) is 0 Å². The Hall–Kier alpha value is -1.30. The highest BCUT2D eigenvalue weighted by Crippen LogP contribution is 2.31. The lowest BCUT2D eigenvalue weighted by Crippen LogP contribution is -2.23. The van der Waals surface area contributed by atoms with Crippen molar-refractivity contribution in [3.05, 3.63) is 23.8 Å². The van der Waals surface area contributed by atoms with Crippen LogP contribution in [-0.2, 0) is 0 Å². The van der Waals surface area contributed by atoms with Gasteiger partial charge < -0.3 is 25.4 Å². The minimum absolute atomic E-state index is 0.0284. The van der Waals surface area contributed by atoms with Crippen molar-refractivity contribution >= 4 is 0 Å². The number of hydrogen-bond acceptors (Lipinski definition) is 5. The third-order valence-corrected chi connectivity index (χ3v) is 2.59. The maximum atomic E-state index is 9.98. The van der Waals surface area contributed by atoms with Crippen molar-refractivity contribution in [1.29, 1.82) is 0 Å². The summed E-state index contributed by atoms with van der Waals surface area (Å²) in [6.07, 6.45) is -1.57. The van der Waals surface area contributed by atoms with E-state index in [4.69, 9.17) is 4.74 Å². The van der Waals surface area contributed by atoms with Crippen molar-refractivity contribution in [3.8, 4) is 11.5 Å². The number of nitrogens with one attached hydrogen (secondary N) is 1. The van der Waals surface area contributed by atoms with E-state index in [2.05, 4.69) is 5.32 Å². The fraction of sp³-hybridized carbons (Fsp3) is 0.500. The van der Waals surface area contributed by atoms with Gasteiger partial charge >= 0.3 is 0 Å². The molecule has 0 aliphatic carbocycles. The van der Waals surface area contributed by atoms with E-state index in [1.807, 2.05) is 0 Å². The van der Waals surface area contributed by atoms with Gasteiger partial charge in [-0.2, -0.15) is 0 Å². The molecule has 1 aromatic rings. The van der Waals surface area contributed by atoms with Crippen LogP contribution in [0, 0.1) is 0 Å². The summed E-state index contributed by atoms with van der Waals surface area (Å²) >= 11 is 0. The van der Waals surface area contributed by atoms with Gasteiger partial charge in [-0.25, -0.2) is 0 Å². The van der Waals surface area contributed by atoms with Crippen LogP contribution in [0.15, 0.2) is 18.2 Å². The molecule has 0 saturated heterocycles. The van der Waals surface area contributed by atoms with Crippen LogP contribution in [0.5, 0.6) is 11.5 Å². The summed E-state index contributed by atoms with van der Waals surface area (Å²) in [6, 6.07) is 4.42. The van der Waals surface area contributed by atoms with E-state index in [0.717, 1.165) is 0 Å². The van der Waals surface area contributed by atoms with Crippen molar-refractivity contribution < 1.29 is 20.1 Å². The van der Waals surface area contributed by atoms with Crippen molar-refractivity contribution in [1.82, 2.24) is 5.32 Å². The van der Waals surface area contributed by atoms with E-state index < -0.39 is 12.2 Å². The van der Waals surface area contributed by atoms with Gasteiger partial charge in [0, 0.05) is 5.56 Å². The van der Waals surface area contributed by atoms with Crippen LogP contribution in [0.3, 0.4) is 0 Å². The fourth-order valence-corrected chi connectivity index (χ4v) is 1.61. The number of aliphatic hydroxyl groups is 2. The summed E-state index contributed by atoms with van der Waals surface area (Å²) in [6.45, 7) is 0.597. The standard InChI is InChI=1S/C12H19NO4/c1-13-6-5-10(15)12(16)9-7-8(14)3-4-11(9)17-2/h3-4,7,10,12-16H,5-6H2,1-2H3. The van der Waals surface area contributed by atoms with Gasteiger partial charge in [-0.05, 0) is 38.2 Å². The molecule has 2 unspecified atom stereocenters. The fourth-order valence-electron chi connectivity index (χ4n) is 1.61. The minimum Gasteiger partial charge on any atom is -0.508 e.